The van der Waals surface area contributed by atoms with Crippen LogP contribution < -0.4 is 16.0 Å². The maximum absolute atomic E-state index is 17.7. The summed E-state index contributed by atoms with van der Waals surface area (Å²) in [4.78, 5) is 64.8. The van der Waals surface area contributed by atoms with Gasteiger partial charge in [-0.2, -0.15) is 0 Å². The fourth-order valence-electron chi connectivity index (χ4n) is 11.1. The van der Waals surface area contributed by atoms with Crippen molar-refractivity contribution in [2.45, 2.75) is 135 Å². The number of aliphatic hydroxyl groups excluding tert-OH is 2. The number of ether oxygens (including phenoxy) is 3. The van der Waals surface area contributed by atoms with E-state index in [9.17, 15) is 34.2 Å². The molecule has 3 saturated carbocycles. The summed E-state index contributed by atoms with van der Waals surface area (Å²) in [5.74, 6) is -4.07. The first-order valence-electron chi connectivity index (χ1n) is 21.7. The Hall–Kier alpha value is -4.83. The molecule has 0 bridgehead atoms. The first-order chi connectivity index (χ1) is 29.5. The third-order valence-electron chi connectivity index (χ3n) is 14.2. The molecular weight excluding hydrogens is 817 g/mol. The average molecular weight is 876 g/mol. The van der Waals surface area contributed by atoms with Crippen LogP contribution in [0.15, 0.2) is 72.3 Å². The zero-order valence-electron chi connectivity index (χ0n) is 37.0. The molecule has 2 aromatic rings. The molecular formula is C48H59F2N3O10. The van der Waals surface area contributed by atoms with Crippen molar-refractivity contribution in [2.75, 3.05) is 11.9 Å². The summed E-state index contributed by atoms with van der Waals surface area (Å²) >= 11 is 0. The Labute approximate surface area is 366 Å². The first-order valence-corrected chi connectivity index (χ1v) is 21.7. The quantitative estimate of drug-likeness (QED) is 0.182. The van der Waals surface area contributed by atoms with Crippen LogP contribution in [0, 0.1) is 28.6 Å². The topological polar surface area (TPSA) is 190 Å². The Morgan fingerprint density at radius 1 is 0.968 bits per heavy atom. The third-order valence-corrected chi connectivity index (χ3v) is 14.2. The Balaban J connectivity index is 1.01. The van der Waals surface area contributed by atoms with Crippen molar-refractivity contribution in [1.29, 1.82) is 0 Å². The predicted molar refractivity (Wildman–Crippen MR) is 227 cm³/mol. The maximum Gasteiger partial charge on any atom is 0.408 e. The lowest BCUT2D eigenvalue weighted by Gasteiger charge is -2.63. The van der Waals surface area contributed by atoms with Crippen molar-refractivity contribution in [3.05, 3.63) is 89.0 Å². The number of rotatable bonds is 11. The van der Waals surface area contributed by atoms with Gasteiger partial charge in [0.05, 0.1) is 12.2 Å². The van der Waals surface area contributed by atoms with Crippen molar-refractivity contribution in [3.8, 4) is 0 Å². The van der Waals surface area contributed by atoms with Gasteiger partial charge < -0.3 is 40.4 Å². The standard InChI is InChI=1S/C48H59F2N3O10/c1-25(2)39(53-43(60)63-44(4,5)6)41(59)51-26(3)40(58)52-30-11-9-10-28(19-30)18-27-12-14-29(15-13-27)42-61-38-22-32-33-21-35(49)34-20-31(55)16-17-45(34,7)47(33,50)36(56)23-46(32,8)48(38,62-42)37(57)24-54/h9-17,19-20,25-26,32-33,35-36,38-39,42,54,56H,18,21-24H2,1-8H3,(H,51,59)(H,52,58)(H,53,60)/t26-,32-,33?,35-,36?,38+,39-,42?,45?,46?,47-,48+/m0/s1. The molecule has 4 aliphatic carbocycles. The molecule has 0 aromatic heterocycles. The van der Waals surface area contributed by atoms with Gasteiger partial charge in [0.15, 0.2) is 29.1 Å². The van der Waals surface area contributed by atoms with Crippen molar-refractivity contribution in [1.82, 2.24) is 10.6 Å². The highest BCUT2D eigenvalue weighted by Crippen LogP contribution is 2.72. The van der Waals surface area contributed by atoms with Crippen LogP contribution in [0.1, 0.15) is 97.6 Å². The Bertz CT molecular complexity index is 2220. The number of hydrogen-bond acceptors (Lipinski definition) is 10. The molecule has 340 valence electrons. The lowest BCUT2D eigenvalue weighted by molar-refractivity contribution is -0.235. The van der Waals surface area contributed by atoms with Crippen LogP contribution in [0.2, 0.25) is 0 Å². The number of alkyl halides is 2. The minimum atomic E-state index is -2.35. The van der Waals surface area contributed by atoms with E-state index in [4.69, 9.17) is 14.2 Å². The number of carbonyl (C=O) groups excluding carboxylic acids is 5. The van der Waals surface area contributed by atoms with Crippen LogP contribution in [0.25, 0.3) is 0 Å². The van der Waals surface area contributed by atoms with E-state index in [1.807, 2.05) is 24.3 Å². The van der Waals surface area contributed by atoms with Crippen molar-refractivity contribution >= 4 is 35.2 Å². The van der Waals surface area contributed by atoms with Crippen molar-refractivity contribution in [2.24, 2.45) is 28.6 Å². The van der Waals surface area contributed by atoms with E-state index in [1.54, 1.807) is 72.7 Å². The molecule has 2 aromatic carbocycles. The number of anilines is 1. The molecule has 4 fully saturated rings. The SMILES string of the molecule is CC(C)[C@H](NC(=O)OC(C)(C)C)C(=O)N[C@@H](C)C(=O)Nc1cccc(Cc2ccc(C3O[C@@H]4C[C@H]5C6C[C@H](F)C7=CC(=O)C=CC7(C)[C@@]6(F)C(O)CC5(C)[C@]4(C(=O)CO)O3)cc2)c1. The number of halogens is 2. The summed E-state index contributed by atoms with van der Waals surface area (Å²) in [6.07, 6.45) is -2.18. The molecule has 12 atom stereocenters. The highest BCUT2D eigenvalue weighted by molar-refractivity contribution is 6.01. The monoisotopic (exact) mass is 875 g/mol. The van der Waals surface area contributed by atoms with Gasteiger partial charge in [0.2, 0.25) is 11.8 Å². The van der Waals surface area contributed by atoms with Crippen LogP contribution >= 0.6 is 0 Å². The molecule has 15 heteroatoms. The molecule has 1 heterocycles. The number of nitrogens with one attached hydrogen (secondary N) is 3. The second kappa shape index (κ2) is 16.6. The van der Waals surface area contributed by atoms with Gasteiger partial charge in [0.1, 0.15) is 30.5 Å². The van der Waals surface area contributed by atoms with Gasteiger partial charge in [-0.25, -0.2) is 13.6 Å². The molecule has 3 amide bonds. The summed E-state index contributed by atoms with van der Waals surface area (Å²) in [5.41, 5.74) is -4.79. The second-order valence-electron chi connectivity index (χ2n) is 19.7. The zero-order valence-corrected chi connectivity index (χ0v) is 37.0. The van der Waals surface area contributed by atoms with Crippen molar-refractivity contribution < 1.29 is 57.2 Å². The minimum Gasteiger partial charge on any atom is -0.444 e. The van der Waals surface area contributed by atoms with E-state index in [2.05, 4.69) is 16.0 Å². The zero-order chi connectivity index (χ0) is 46.0. The number of hydrogen-bond donors (Lipinski definition) is 5. The number of benzene rings is 2. The Morgan fingerprint density at radius 3 is 2.32 bits per heavy atom. The van der Waals surface area contributed by atoms with Crippen LogP contribution in [-0.4, -0.2) is 93.6 Å². The second-order valence-corrected chi connectivity index (χ2v) is 19.7. The van der Waals surface area contributed by atoms with Gasteiger partial charge in [0, 0.05) is 28.0 Å². The molecule has 1 saturated heterocycles. The summed E-state index contributed by atoms with van der Waals surface area (Å²) < 4.78 is 52.1. The van der Waals surface area contributed by atoms with Gasteiger partial charge in [-0.05, 0) is 113 Å². The lowest BCUT2D eigenvalue weighted by atomic mass is 9.44. The normalized spacial score (nSPS) is 34.1. The molecule has 5 N–H and O–H groups in total. The number of aliphatic hydroxyl groups is 2. The molecule has 0 radical (unpaired) electrons. The summed E-state index contributed by atoms with van der Waals surface area (Å²) in [6, 6.07) is 12.7. The summed E-state index contributed by atoms with van der Waals surface area (Å²) in [5, 5.41) is 30.2. The number of ketones is 2. The highest BCUT2D eigenvalue weighted by atomic mass is 19.1. The van der Waals surface area contributed by atoms with Crippen LogP contribution in [0.5, 0.6) is 0 Å². The third kappa shape index (κ3) is 7.93. The van der Waals surface area contributed by atoms with Crippen LogP contribution in [-0.2, 0) is 39.8 Å². The van der Waals surface area contributed by atoms with Gasteiger partial charge in [-0.3, -0.25) is 19.2 Å². The molecule has 0 spiro atoms. The number of fused-ring (bicyclic) bond motifs is 7. The van der Waals surface area contributed by atoms with E-state index in [0.717, 1.165) is 17.2 Å². The van der Waals surface area contributed by atoms with Gasteiger partial charge in [-0.1, -0.05) is 63.2 Å². The van der Waals surface area contributed by atoms with Gasteiger partial charge in [0.25, 0.3) is 0 Å². The van der Waals surface area contributed by atoms with E-state index < -0.39 is 112 Å². The number of carbonyl (C=O) groups is 5. The number of alkyl carbamates (subject to hydrolysis) is 1. The average Bonchev–Trinajstić information content (AvgIpc) is 3.71. The van der Waals surface area contributed by atoms with Crippen LogP contribution in [0.4, 0.5) is 19.3 Å². The van der Waals surface area contributed by atoms with E-state index in [1.165, 1.54) is 19.1 Å². The lowest BCUT2D eigenvalue weighted by Crippen LogP contribution is -2.70. The fraction of sp³-hybridized carbons (Fsp3) is 0.562. The van der Waals surface area contributed by atoms with Crippen LogP contribution in [0.3, 0.4) is 0 Å². The van der Waals surface area contributed by atoms with E-state index in [0.29, 0.717) is 17.7 Å². The Morgan fingerprint density at radius 2 is 1.67 bits per heavy atom. The molecule has 13 nitrogen and oxygen atoms in total. The molecule has 5 unspecified atom stereocenters. The number of Topliss-reactive ketones (excluding diaryl/α,β-unsaturated/α-hetero) is 1. The Kier molecular flexibility index (Phi) is 12.2. The minimum absolute atomic E-state index is 0.00613. The fourth-order valence-corrected chi connectivity index (χ4v) is 11.1. The van der Waals surface area contributed by atoms with Gasteiger partial charge >= 0.3 is 6.09 Å². The molecule has 1 aliphatic heterocycles. The number of allylic oxidation sites excluding steroid dienone is 4. The summed E-state index contributed by atoms with van der Waals surface area (Å²) in [6.45, 7) is 12.6. The largest absolute Gasteiger partial charge is 0.444 e. The maximum atomic E-state index is 17.7. The molecule has 63 heavy (non-hydrogen) atoms. The molecule has 7 rings (SSSR count). The van der Waals surface area contributed by atoms with Crippen molar-refractivity contribution in [3.63, 3.8) is 0 Å². The first kappa shape index (κ1) is 46.2. The van der Waals surface area contributed by atoms with E-state index in [-0.39, 0.29) is 30.8 Å². The smallest absolute Gasteiger partial charge is 0.408 e. The van der Waals surface area contributed by atoms with E-state index >= 15 is 8.78 Å². The predicted octanol–water partition coefficient (Wildman–Crippen LogP) is 5.91. The summed E-state index contributed by atoms with van der Waals surface area (Å²) in [7, 11) is 0. The molecule has 5 aliphatic rings. The van der Waals surface area contributed by atoms with Gasteiger partial charge in [-0.15, -0.1) is 0 Å². The highest BCUT2D eigenvalue weighted by Gasteiger charge is 2.80. The number of amides is 3.